The first-order chi connectivity index (χ1) is 14.7. The summed E-state index contributed by atoms with van der Waals surface area (Å²) in [5.41, 5.74) is 0.374. The minimum atomic E-state index is -4.42. The lowest BCUT2D eigenvalue weighted by Gasteiger charge is -2.35. The molecule has 2 fully saturated rings. The third-order valence-electron chi connectivity index (χ3n) is 5.64. The van der Waals surface area contributed by atoms with Crippen LogP contribution in [0.4, 0.5) is 24.5 Å². The third-order valence-corrected chi connectivity index (χ3v) is 7.55. The molecule has 0 radical (unpaired) electrons. The number of sulfonamides is 1. The molecule has 0 N–H and O–H groups in total. The second-order valence-electron chi connectivity index (χ2n) is 7.58. The molecule has 10 heteroatoms. The Morgan fingerprint density at radius 3 is 2.10 bits per heavy atom. The van der Waals surface area contributed by atoms with Crippen molar-refractivity contribution in [1.29, 1.82) is 0 Å². The Morgan fingerprint density at radius 1 is 0.839 bits per heavy atom. The zero-order valence-electron chi connectivity index (χ0n) is 16.7. The summed E-state index contributed by atoms with van der Waals surface area (Å²) < 4.78 is 66.2. The van der Waals surface area contributed by atoms with Gasteiger partial charge in [0, 0.05) is 50.5 Å². The first-order valence-electron chi connectivity index (χ1n) is 9.99. The lowest BCUT2D eigenvalue weighted by molar-refractivity contribution is -0.137. The Labute approximate surface area is 178 Å². The van der Waals surface area contributed by atoms with E-state index >= 15 is 0 Å². The second kappa shape index (κ2) is 8.16. The molecule has 2 aromatic rings. The van der Waals surface area contributed by atoms with Crippen LogP contribution in [-0.4, -0.2) is 51.4 Å². The topological polar surface area (TPSA) is 60.9 Å². The van der Waals surface area contributed by atoms with E-state index in [-0.39, 0.29) is 23.9 Å². The molecular weight excluding hydrogens is 431 g/mol. The number of benzene rings is 2. The fourth-order valence-corrected chi connectivity index (χ4v) is 5.36. The average Bonchev–Trinajstić information content (AvgIpc) is 3.19. The fourth-order valence-electron chi connectivity index (χ4n) is 3.93. The average molecular weight is 453 g/mol. The maximum absolute atomic E-state index is 13.0. The van der Waals surface area contributed by atoms with Gasteiger partial charge in [-0.1, -0.05) is 6.07 Å². The van der Waals surface area contributed by atoms with Crippen molar-refractivity contribution in [3.8, 4) is 0 Å². The van der Waals surface area contributed by atoms with Crippen molar-refractivity contribution in [1.82, 2.24) is 4.31 Å². The summed E-state index contributed by atoms with van der Waals surface area (Å²) in [7, 11) is -3.73. The van der Waals surface area contributed by atoms with E-state index in [1.807, 2.05) is 0 Å². The monoisotopic (exact) mass is 453 g/mol. The van der Waals surface area contributed by atoms with Gasteiger partial charge in [-0.15, -0.1) is 0 Å². The van der Waals surface area contributed by atoms with Crippen molar-refractivity contribution < 1.29 is 26.4 Å². The van der Waals surface area contributed by atoms with Gasteiger partial charge in [0.15, 0.2) is 0 Å². The number of hydrogen-bond donors (Lipinski definition) is 0. The number of anilines is 2. The van der Waals surface area contributed by atoms with Crippen LogP contribution in [0.15, 0.2) is 53.4 Å². The number of hydrogen-bond acceptors (Lipinski definition) is 4. The lowest BCUT2D eigenvalue weighted by atomic mass is 10.1. The molecule has 0 aliphatic carbocycles. The fraction of sp³-hybridized carbons (Fsp3) is 0.381. The van der Waals surface area contributed by atoms with Gasteiger partial charge in [0.1, 0.15) is 0 Å². The van der Waals surface area contributed by atoms with Crippen molar-refractivity contribution >= 4 is 27.3 Å². The zero-order chi connectivity index (χ0) is 22.2. The number of halogens is 3. The summed E-state index contributed by atoms with van der Waals surface area (Å²) in [5.74, 6) is 0.0290. The molecule has 0 atom stereocenters. The highest BCUT2D eigenvalue weighted by atomic mass is 32.2. The molecule has 0 unspecified atom stereocenters. The van der Waals surface area contributed by atoms with Crippen LogP contribution < -0.4 is 9.80 Å². The Bertz CT molecular complexity index is 1060. The van der Waals surface area contributed by atoms with Crippen LogP contribution in [-0.2, 0) is 21.0 Å². The maximum atomic E-state index is 13.0. The second-order valence-corrected chi connectivity index (χ2v) is 9.52. The quantitative estimate of drug-likeness (QED) is 0.713. The molecule has 31 heavy (non-hydrogen) atoms. The number of piperazine rings is 1. The van der Waals surface area contributed by atoms with Gasteiger partial charge < -0.3 is 9.80 Å². The van der Waals surface area contributed by atoms with Crippen LogP contribution in [0.5, 0.6) is 0 Å². The Hall–Kier alpha value is -2.59. The van der Waals surface area contributed by atoms with Gasteiger partial charge in [0.2, 0.25) is 15.9 Å². The van der Waals surface area contributed by atoms with Gasteiger partial charge in [-0.05, 0) is 48.9 Å². The smallest absolute Gasteiger partial charge is 0.369 e. The molecule has 166 valence electrons. The number of carbonyl (C=O) groups is 1. The molecule has 6 nitrogen and oxygen atoms in total. The largest absolute Gasteiger partial charge is 0.416 e. The van der Waals surface area contributed by atoms with E-state index in [0.717, 1.165) is 18.6 Å². The summed E-state index contributed by atoms with van der Waals surface area (Å²) in [6.45, 7) is 1.56. The summed E-state index contributed by atoms with van der Waals surface area (Å²) in [6.07, 6.45) is -3.14. The molecule has 2 heterocycles. The molecular formula is C21H22F3N3O3S. The van der Waals surface area contributed by atoms with Gasteiger partial charge in [-0.3, -0.25) is 4.79 Å². The van der Waals surface area contributed by atoms with Crippen molar-refractivity contribution in [2.45, 2.75) is 23.9 Å². The highest BCUT2D eigenvalue weighted by molar-refractivity contribution is 7.89. The first-order valence-corrected chi connectivity index (χ1v) is 11.4. The van der Waals surface area contributed by atoms with E-state index in [4.69, 9.17) is 0 Å². The molecule has 0 saturated carbocycles. The molecule has 0 bridgehead atoms. The standard InChI is InChI=1S/C21H22F3N3O3S/c22-21(23,24)16-3-1-4-18(15-16)25-11-13-26(14-12-25)31(29,30)19-8-6-17(7-9-19)27-10-2-5-20(27)28/h1,3-4,6-9,15H,2,5,10-14H2. The number of amides is 1. The van der Waals surface area contributed by atoms with Crippen molar-refractivity contribution in [3.05, 3.63) is 54.1 Å². The molecule has 1 amide bonds. The molecule has 0 aromatic heterocycles. The van der Waals surface area contributed by atoms with E-state index < -0.39 is 21.8 Å². The van der Waals surface area contributed by atoms with Crippen molar-refractivity contribution in [2.75, 3.05) is 42.5 Å². The minimum Gasteiger partial charge on any atom is -0.369 e. The third kappa shape index (κ3) is 4.40. The number of alkyl halides is 3. The van der Waals surface area contributed by atoms with Gasteiger partial charge >= 0.3 is 6.18 Å². The SMILES string of the molecule is O=C1CCCN1c1ccc(S(=O)(=O)N2CCN(c3cccc(C(F)(F)F)c3)CC2)cc1. The normalized spacial score (nSPS) is 18.6. The van der Waals surface area contributed by atoms with Crippen LogP contribution in [0.25, 0.3) is 0 Å². The number of nitrogens with zero attached hydrogens (tertiary/aromatic N) is 3. The van der Waals surface area contributed by atoms with Crippen LogP contribution in [0.3, 0.4) is 0 Å². The summed E-state index contributed by atoms with van der Waals surface area (Å²) in [5, 5.41) is 0. The summed E-state index contributed by atoms with van der Waals surface area (Å²) in [4.78, 5) is 15.4. The van der Waals surface area contributed by atoms with Gasteiger partial charge in [-0.25, -0.2) is 8.42 Å². The van der Waals surface area contributed by atoms with E-state index in [2.05, 4.69) is 0 Å². The maximum Gasteiger partial charge on any atom is 0.416 e. The number of carbonyl (C=O) groups excluding carboxylic acids is 1. The van der Waals surface area contributed by atoms with E-state index in [1.165, 1.54) is 22.5 Å². The summed E-state index contributed by atoms with van der Waals surface area (Å²) in [6, 6.07) is 11.3. The predicted molar refractivity (Wildman–Crippen MR) is 110 cm³/mol. The molecule has 2 saturated heterocycles. The van der Waals surface area contributed by atoms with Crippen LogP contribution in [0.1, 0.15) is 18.4 Å². The predicted octanol–water partition coefficient (Wildman–Crippen LogP) is 3.34. The summed E-state index contributed by atoms with van der Waals surface area (Å²) >= 11 is 0. The first kappa shape index (κ1) is 21.6. The molecule has 2 aromatic carbocycles. The number of rotatable bonds is 4. The van der Waals surface area contributed by atoms with Gasteiger partial charge in [0.25, 0.3) is 0 Å². The van der Waals surface area contributed by atoms with Gasteiger partial charge in [-0.2, -0.15) is 17.5 Å². The van der Waals surface area contributed by atoms with Crippen LogP contribution >= 0.6 is 0 Å². The lowest BCUT2D eigenvalue weighted by Crippen LogP contribution is -2.48. The minimum absolute atomic E-state index is 0.0290. The van der Waals surface area contributed by atoms with Crippen LogP contribution in [0, 0.1) is 0 Å². The highest BCUT2D eigenvalue weighted by Crippen LogP contribution is 2.32. The Balaban J connectivity index is 1.44. The zero-order valence-corrected chi connectivity index (χ0v) is 17.5. The van der Waals surface area contributed by atoms with E-state index in [1.54, 1.807) is 28.0 Å². The molecule has 0 spiro atoms. The molecule has 4 rings (SSSR count). The highest BCUT2D eigenvalue weighted by Gasteiger charge is 2.32. The van der Waals surface area contributed by atoms with Crippen LogP contribution in [0.2, 0.25) is 0 Å². The molecule has 2 aliphatic heterocycles. The van der Waals surface area contributed by atoms with E-state index in [0.29, 0.717) is 37.4 Å². The van der Waals surface area contributed by atoms with E-state index in [9.17, 15) is 26.4 Å². The van der Waals surface area contributed by atoms with Gasteiger partial charge in [0.05, 0.1) is 10.5 Å². The van der Waals surface area contributed by atoms with Crippen molar-refractivity contribution in [3.63, 3.8) is 0 Å². The Kier molecular flexibility index (Phi) is 5.69. The van der Waals surface area contributed by atoms with Crippen molar-refractivity contribution in [2.24, 2.45) is 0 Å². The Morgan fingerprint density at radius 2 is 1.52 bits per heavy atom. The molecule has 2 aliphatic rings.